The summed E-state index contributed by atoms with van der Waals surface area (Å²) in [6, 6.07) is 3.36. The molecular weight excluding hydrogens is 303 g/mol. The van der Waals surface area contributed by atoms with Gasteiger partial charge < -0.3 is 10.2 Å². The molecule has 18 heavy (non-hydrogen) atoms. The lowest BCUT2D eigenvalue weighted by molar-refractivity contribution is -0.130. The number of carbonyl (C=O) groups is 2. The van der Waals surface area contributed by atoms with E-state index in [4.69, 9.17) is 0 Å². The Bertz CT molecular complexity index is 477. The number of nitrogens with zero attached hydrogens (tertiary/aromatic N) is 1. The summed E-state index contributed by atoms with van der Waals surface area (Å²) < 4.78 is 14.1. The van der Waals surface area contributed by atoms with Gasteiger partial charge in [-0.05, 0) is 25.1 Å². The highest BCUT2D eigenvalue weighted by molar-refractivity contribution is 9.10. The molecule has 0 aromatic heterocycles. The Morgan fingerprint density at radius 3 is 2.56 bits per heavy atom. The van der Waals surface area contributed by atoms with Crippen LogP contribution in [0, 0.1) is 5.82 Å². The van der Waals surface area contributed by atoms with Crippen molar-refractivity contribution in [3.63, 3.8) is 0 Å². The zero-order valence-corrected chi connectivity index (χ0v) is 11.9. The van der Waals surface area contributed by atoms with Crippen LogP contribution in [-0.4, -0.2) is 36.9 Å². The predicted octanol–water partition coefficient (Wildman–Crippen LogP) is 1.79. The highest BCUT2D eigenvalue weighted by Gasteiger charge is 2.20. The first-order valence-electron chi connectivity index (χ1n) is 5.30. The van der Waals surface area contributed by atoms with Gasteiger partial charge in [0.1, 0.15) is 11.9 Å². The van der Waals surface area contributed by atoms with Crippen molar-refractivity contribution in [3.05, 3.63) is 34.1 Å². The molecule has 0 radical (unpaired) electrons. The summed E-state index contributed by atoms with van der Waals surface area (Å²) in [6.07, 6.45) is 0. The fourth-order valence-corrected chi connectivity index (χ4v) is 1.76. The maximum atomic E-state index is 13.5. The number of hydrogen-bond donors (Lipinski definition) is 1. The molecule has 4 nitrogen and oxygen atoms in total. The molecule has 1 unspecified atom stereocenters. The number of halogens is 2. The molecule has 2 amide bonds. The number of hydrogen-bond acceptors (Lipinski definition) is 2. The molecule has 0 bridgehead atoms. The van der Waals surface area contributed by atoms with E-state index in [9.17, 15) is 14.0 Å². The molecule has 0 aliphatic heterocycles. The molecule has 6 heteroatoms. The van der Waals surface area contributed by atoms with Gasteiger partial charge in [-0.25, -0.2) is 4.39 Å². The van der Waals surface area contributed by atoms with Crippen molar-refractivity contribution in [3.8, 4) is 0 Å². The summed E-state index contributed by atoms with van der Waals surface area (Å²) >= 11 is 3.16. The quantitative estimate of drug-likeness (QED) is 0.924. The lowest BCUT2D eigenvalue weighted by Crippen LogP contribution is -2.44. The van der Waals surface area contributed by atoms with Crippen molar-refractivity contribution in [2.75, 3.05) is 14.1 Å². The smallest absolute Gasteiger partial charge is 0.254 e. The van der Waals surface area contributed by atoms with Crippen molar-refractivity contribution in [2.45, 2.75) is 13.0 Å². The second kappa shape index (κ2) is 5.95. The third kappa shape index (κ3) is 3.53. The molecular formula is C12H14BrFN2O2. The number of benzene rings is 1. The fraction of sp³-hybridized carbons (Fsp3) is 0.333. The Hall–Kier alpha value is -1.43. The highest BCUT2D eigenvalue weighted by atomic mass is 79.9. The van der Waals surface area contributed by atoms with Gasteiger partial charge in [0.25, 0.3) is 5.91 Å². The summed E-state index contributed by atoms with van der Waals surface area (Å²) in [7, 11) is 3.18. The third-order valence-electron chi connectivity index (χ3n) is 2.33. The Morgan fingerprint density at radius 1 is 1.39 bits per heavy atom. The van der Waals surface area contributed by atoms with E-state index < -0.39 is 17.8 Å². The van der Waals surface area contributed by atoms with Crippen LogP contribution in [0.2, 0.25) is 0 Å². The Kier molecular flexibility index (Phi) is 4.84. The molecule has 1 aromatic carbocycles. The molecule has 0 saturated heterocycles. The van der Waals surface area contributed by atoms with E-state index in [1.807, 2.05) is 0 Å². The molecule has 1 N–H and O–H groups in total. The van der Waals surface area contributed by atoms with Gasteiger partial charge in [0.15, 0.2) is 0 Å². The van der Waals surface area contributed by atoms with E-state index in [0.717, 1.165) is 0 Å². The normalized spacial score (nSPS) is 11.8. The van der Waals surface area contributed by atoms with Gasteiger partial charge in [0, 0.05) is 18.6 Å². The second-order valence-electron chi connectivity index (χ2n) is 4.05. The minimum Gasteiger partial charge on any atom is -0.347 e. The van der Waals surface area contributed by atoms with Crippen LogP contribution in [0.15, 0.2) is 22.7 Å². The number of nitrogens with one attached hydrogen (secondary N) is 1. The number of carbonyl (C=O) groups excluding carboxylic acids is 2. The Labute approximate surface area is 113 Å². The third-order valence-corrected chi connectivity index (χ3v) is 2.83. The zero-order valence-electron chi connectivity index (χ0n) is 10.3. The monoisotopic (exact) mass is 316 g/mol. The lowest BCUT2D eigenvalue weighted by Gasteiger charge is -2.18. The van der Waals surface area contributed by atoms with Gasteiger partial charge in [0.2, 0.25) is 5.91 Å². The van der Waals surface area contributed by atoms with Crippen LogP contribution < -0.4 is 5.32 Å². The van der Waals surface area contributed by atoms with Crippen molar-refractivity contribution >= 4 is 27.7 Å². The fourth-order valence-electron chi connectivity index (χ4n) is 1.39. The molecule has 0 aliphatic rings. The van der Waals surface area contributed by atoms with Crippen molar-refractivity contribution in [1.29, 1.82) is 0 Å². The van der Waals surface area contributed by atoms with Crippen LogP contribution in [0.4, 0.5) is 4.39 Å². The summed E-state index contributed by atoms with van der Waals surface area (Å²) in [6.45, 7) is 1.55. The molecule has 0 heterocycles. The molecule has 1 rings (SSSR count). The molecule has 0 saturated carbocycles. The molecule has 1 atom stereocenters. The first kappa shape index (κ1) is 14.6. The molecule has 0 spiro atoms. The van der Waals surface area contributed by atoms with E-state index in [-0.39, 0.29) is 11.5 Å². The summed E-state index contributed by atoms with van der Waals surface area (Å²) in [5, 5.41) is 2.45. The zero-order chi connectivity index (χ0) is 13.9. The minimum absolute atomic E-state index is 0.0946. The Balaban J connectivity index is 2.83. The van der Waals surface area contributed by atoms with Gasteiger partial charge in [-0.3, -0.25) is 9.59 Å². The average Bonchev–Trinajstić information content (AvgIpc) is 2.30. The molecule has 98 valence electrons. The number of rotatable bonds is 3. The minimum atomic E-state index is -0.703. The highest BCUT2D eigenvalue weighted by Crippen LogP contribution is 2.15. The molecule has 0 aliphatic carbocycles. The number of amides is 2. The second-order valence-corrected chi connectivity index (χ2v) is 4.97. The SMILES string of the molecule is CC(NC(=O)c1cc(Br)ccc1F)C(=O)N(C)C. The molecule has 1 aromatic rings. The summed E-state index contributed by atoms with van der Waals surface area (Å²) in [4.78, 5) is 24.7. The van der Waals surface area contributed by atoms with Crippen LogP contribution >= 0.6 is 15.9 Å². The largest absolute Gasteiger partial charge is 0.347 e. The predicted molar refractivity (Wildman–Crippen MR) is 69.7 cm³/mol. The van der Waals surface area contributed by atoms with Crippen LogP contribution in [0.1, 0.15) is 17.3 Å². The van der Waals surface area contributed by atoms with Gasteiger partial charge in [-0.15, -0.1) is 0 Å². The maximum absolute atomic E-state index is 13.5. The summed E-state index contributed by atoms with van der Waals surface area (Å²) in [5.41, 5.74) is -0.0946. The van der Waals surface area contributed by atoms with Crippen LogP contribution in [0.3, 0.4) is 0 Å². The Morgan fingerprint density at radius 2 is 2.00 bits per heavy atom. The van der Waals surface area contributed by atoms with Gasteiger partial charge in [-0.1, -0.05) is 15.9 Å². The maximum Gasteiger partial charge on any atom is 0.254 e. The van der Waals surface area contributed by atoms with Crippen LogP contribution in [-0.2, 0) is 4.79 Å². The summed E-state index contributed by atoms with van der Waals surface area (Å²) in [5.74, 6) is -1.49. The van der Waals surface area contributed by atoms with E-state index in [1.54, 1.807) is 21.0 Å². The topological polar surface area (TPSA) is 49.4 Å². The van der Waals surface area contributed by atoms with Gasteiger partial charge >= 0.3 is 0 Å². The standard InChI is InChI=1S/C12H14BrFN2O2/c1-7(12(18)16(2)3)15-11(17)9-6-8(13)4-5-10(9)14/h4-7H,1-3H3,(H,15,17). The van der Waals surface area contributed by atoms with Gasteiger partial charge in [-0.2, -0.15) is 0 Å². The van der Waals surface area contributed by atoms with Crippen molar-refractivity contribution in [1.82, 2.24) is 10.2 Å². The molecule has 0 fully saturated rings. The van der Waals surface area contributed by atoms with Crippen molar-refractivity contribution in [2.24, 2.45) is 0 Å². The van der Waals surface area contributed by atoms with Crippen LogP contribution in [0.25, 0.3) is 0 Å². The first-order valence-corrected chi connectivity index (χ1v) is 6.09. The van der Waals surface area contributed by atoms with E-state index in [1.165, 1.54) is 23.1 Å². The van der Waals surface area contributed by atoms with E-state index in [0.29, 0.717) is 4.47 Å². The first-order chi connectivity index (χ1) is 8.32. The van der Waals surface area contributed by atoms with Gasteiger partial charge in [0.05, 0.1) is 5.56 Å². The average molecular weight is 317 g/mol. The lowest BCUT2D eigenvalue weighted by atomic mass is 10.2. The van der Waals surface area contributed by atoms with Crippen molar-refractivity contribution < 1.29 is 14.0 Å². The number of likely N-dealkylation sites (N-methyl/N-ethyl adjacent to an activating group) is 1. The van der Waals surface area contributed by atoms with E-state index >= 15 is 0 Å². The van der Waals surface area contributed by atoms with Crippen LogP contribution in [0.5, 0.6) is 0 Å². The van der Waals surface area contributed by atoms with E-state index in [2.05, 4.69) is 21.2 Å².